The number of hydrogen-bond donors (Lipinski definition) is 1. The number of nitrogens with zero attached hydrogens (tertiary/aromatic N) is 1. The molecule has 1 aromatic rings. The van der Waals surface area contributed by atoms with Gasteiger partial charge >= 0.3 is 5.97 Å². The first kappa shape index (κ1) is 14.9. The number of aryl methyl sites for hydroxylation is 1. The third kappa shape index (κ3) is 3.97. The highest BCUT2D eigenvalue weighted by Crippen LogP contribution is 2.22. The molecule has 4 heteroatoms. The Labute approximate surface area is 120 Å². The number of carboxylic acid groups (broad SMARTS) is 1. The van der Waals surface area contributed by atoms with E-state index in [1.54, 1.807) is 0 Å². The van der Waals surface area contributed by atoms with Gasteiger partial charge in [-0.3, -0.25) is 9.69 Å². The number of carboxylic acids is 1. The Morgan fingerprint density at radius 3 is 2.70 bits per heavy atom. The third-order valence-corrected chi connectivity index (χ3v) is 4.03. The van der Waals surface area contributed by atoms with Gasteiger partial charge in [-0.25, -0.2) is 0 Å². The molecule has 0 saturated carbocycles. The number of ether oxygens (including phenoxy) is 1. The summed E-state index contributed by atoms with van der Waals surface area (Å²) >= 11 is 0. The number of carbonyl (C=O) groups is 1. The Kier molecular flexibility index (Phi) is 5.01. The fourth-order valence-electron chi connectivity index (χ4n) is 2.69. The molecule has 110 valence electrons. The molecule has 1 fully saturated rings. The highest BCUT2D eigenvalue weighted by molar-refractivity contribution is 5.70. The van der Waals surface area contributed by atoms with E-state index in [0.29, 0.717) is 12.6 Å². The van der Waals surface area contributed by atoms with E-state index in [2.05, 4.69) is 18.7 Å². The zero-order valence-electron chi connectivity index (χ0n) is 12.2. The second kappa shape index (κ2) is 6.75. The summed E-state index contributed by atoms with van der Waals surface area (Å²) in [7, 11) is 0. The largest absolute Gasteiger partial charge is 0.492 e. The second-order valence-electron chi connectivity index (χ2n) is 5.61. The molecule has 1 N–H and O–H groups in total. The SMILES string of the molecule is Cc1ccc(OCCN2CCC(C(=O)O)CC2C)cc1. The molecule has 2 unspecified atom stereocenters. The van der Waals surface area contributed by atoms with E-state index < -0.39 is 5.97 Å². The summed E-state index contributed by atoms with van der Waals surface area (Å²) in [6, 6.07) is 8.35. The molecule has 1 aromatic carbocycles. The average molecular weight is 277 g/mol. The lowest BCUT2D eigenvalue weighted by molar-refractivity contribution is -0.144. The van der Waals surface area contributed by atoms with Crippen molar-refractivity contribution in [3.63, 3.8) is 0 Å². The summed E-state index contributed by atoms with van der Waals surface area (Å²) in [6.07, 6.45) is 1.48. The summed E-state index contributed by atoms with van der Waals surface area (Å²) < 4.78 is 5.73. The van der Waals surface area contributed by atoms with E-state index in [1.807, 2.05) is 24.3 Å². The monoisotopic (exact) mass is 277 g/mol. The first-order valence-electron chi connectivity index (χ1n) is 7.22. The lowest BCUT2D eigenvalue weighted by atomic mass is 9.92. The Balaban J connectivity index is 1.74. The van der Waals surface area contributed by atoms with E-state index in [-0.39, 0.29) is 5.92 Å². The molecule has 1 aliphatic heterocycles. The van der Waals surface area contributed by atoms with Crippen molar-refractivity contribution in [2.24, 2.45) is 5.92 Å². The maximum absolute atomic E-state index is 11.0. The van der Waals surface area contributed by atoms with Crippen LogP contribution in [0.25, 0.3) is 0 Å². The second-order valence-corrected chi connectivity index (χ2v) is 5.61. The van der Waals surface area contributed by atoms with Crippen LogP contribution in [-0.2, 0) is 4.79 Å². The summed E-state index contributed by atoms with van der Waals surface area (Å²) in [5.74, 6) is 0.0512. The molecule has 0 amide bonds. The highest BCUT2D eigenvalue weighted by atomic mass is 16.5. The molecule has 0 aromatic heterocycles. The van der Waals surface area contributed by atoms with Gasteiger partial charge in [-0.2, -0.15) is 0 Å². The van der Waals surface area contributed by atoms with Crippen molar-refractivity contribution < 1.29 is 14.6 Å². The topological polar surface area (TPSA) is 49.8 Å². The van der Waals surface area contributed by atoms with Gasteiger partial charge in [0.2, 0.25) is 0 Å². The number of likely N-dealkylation sites (tertiary alicyclic amines) is 1. The van der Waals surface area contributed by atoms with Gasteiger partial charge in [0, 0.05) is 12.6 Å². The van der Waals surface area contributed by atoms with Crippen LogP contribution in [0, 0.1) is 12.8 Å². The van der Waals surface area contributed by atoms with Gasteiger partial charge in [0.05, 0.1) is 5.92 Å². The van der Waals surface area contributed by atoms with E-state index >= 15 is 0 Å². The van der Waals surface area contributed by atoms with Crippen LogP contribution >= 0.6 is 0 Å². The Morgan fingerprint density at radius 2 is 2.10 bits per heavy atom. The average Bonchev–Trinajstić information content (AvgIpc) is 2.42. The first-order chi connectivity index (χ1) is 9.56. The van der Waals surface area contributed by atoms with E-state index in [9.17, 15) is 4.79 Å². The zero-order valence-corrected chi connectivity index (χ0v) is 12.2. The predicted octanol–water partition coefficient (Wildman–Crippen LogP) is 2.56. The zero-order chi connectivity index (χ0) is 14.5. The Morgan fingerprint density at radius 1 is 1.40 bits per heavy atom. The number of piperidine rings is 1. The smallest absolute Gasteiger partial charge is 0.306 e. The molecule has 2 rings (SSSR count). The summed E-state index contributed by atoms with van der Waals surface area (Å²) in [5.41, 5.74) is 1.22. The van der Waals surface area contributed by atoms with Crippen LogP contribution in [0.3, 0.4) is 0 Å². The van der Waals surface area contributed by atoms with Crippen LogP contribution < -0.4 is 4.74 Å². The lowest BCUT2D eigenvalue weighted by Crippen LogP contribution is -2.44. The first-order valence-corrected chi connectivity index (χ1v) is 7.22. The maximum Gasteiger partial charge on any atom is 0.306 e. The van der Waals surface area contributed by atoms with Gasteiger partial charge in [-0.05, 0) is 45.4 Å². The van der Waals surface area contributed by atoms with Gasteiger partial charge in [0.15, 0.2) is 0 Å². The van der Waals surface area contributed by atoms with Gasteiger partial charge in [0.1, 0.15) is 12.4 Å². The molecule has 0 aliphatic carbocycles. The summed E-state index contributed by atoms with van der Waals surface area (Å²) in [4.78, 5) is 13.3. The molecule has 0 spiro atoms. The number of hydrogen-bond acceptors (Lipinski definition) is 3. The molecule has 1 saturated heterocycles. The van der Waals surface area contributed by atoms with E-state index in [0.717, 1.165) is 31.7 Å². The molecule has 1 heterocycles. The van der Waals surface area contributed by atoms with Gasteiger partial charge in [-0.1, -0.05) is 17.7 Å². The molecule has 20 heavy (non-hydrogen) atoms. The molecular weight excluding hydrogens is 254 g/mol. The van der Waals surface area contributed by atoms with Crippen LogP contribution in [-0.4, -0.2) is 41.7 Å². The van der Waals surface area contributed by atoms with Crippen molar-refractivity contribution in [2.75, 3.05) is 19.7 Å². The molecule has 4 nitrogen and oxygen atoms in total. The minimum Gasteiger partial charge on any atom is -0.492 e. The molecule has 1 aliphatic rings. The summed E-state index contributed by atoms with van der Waals surface area (Å²) in [5, 5.41) is 9.05. The Bertz CT molecular complexity index is 444. The number of benzene rings is 1. The molecule has 0 radical (unpaired) electrons. The normalized spacial score (nSPS) is 23.5. The van der Waals surface area contributed by atoms with Crippen LogP contribution in [0.5, 0.6) is 5.75 Å². The molecule has 2 atom stereocenters. The quantitative estimate of drug-likeness (QED) is 0.898. The summed E-state index contributed by atoms with van der Waals surface area (Å²) in [6.45, 7) is 6.49. The van der Waals surface area contributed by atoms with Crippen molar-refractivity contribution in [1.82, 2.24) is 4.90 Å². The van der Waals surface area contributed by atoms with Crippen LogP contribution in [0.15, 0.2) is 24.3 Å². The van der Waals surface area contributed by atoms with Crippen molar-refractivity contribution in [3.8, 4) is 5.75 Å². The van der Waals surface area contributed by atoms with E-state index in [1.165, 1.54) is 5.56 Å². The molecular formula is C16H23NO3. The maximum atomic E-state index is 11.0. The number of rotatable bonds is 5. The van der Waals surface area contributed by atoms with Crippen LogP contribution in [0.4, 0.5) is 0 Å². The predicted molar refractivity (Wildman–Crippen MR) is 78.1 cm³/mol. The standard InChI is InChI=1S/C16H23NO3/c1-12-3-5-15(6-4-12)20-10-9-17-8-7-14(16(18)19)11-13(17)2/h3-6,13-14H,7-11H2,1-2H3,(H,18,19). The van der Waals surface area contributed by atoms with Crippen molar-refractivity contribution in [2.45, 2.75) is 32.7 Å². The minimum absolute atomic E-state index is 0.181. The molecule has 0 bridgehead atoms. The highest BCUT2D eigenvalue weighted by Gasteiger charge is 2.29. The van der Waals surface area contributed by atoms with Crippen LogP contribution in [0.1, 0.15) is 25.3 Å². The minimum atomic E-state index is -0.660. The fraction of sp³-hybridized carbons (Fsp3) is 0.562. The van der Waals surface area contributed by atoms with Gasteiger partial charge < -0.3 is 9.84 Å². The van der Waals surface area contributed by atoms with Crippen molar-refractivity contribution in [1.29, 1.82) is 0 Å². The number of aliphatic carboxylic acids is 1. The van der Waals surface area contributed by atoms with Crippen LogP contribution in [0.2, 0.25) is 0 Å². The van der Waals surface area contributed by atoms with E-state index in [4.69, 9.17) is 9.84 Å². The lowest BCUT2D eigenvalue weighted by Gasteiger charge is -2.36. The van der Waals surface area contributed by atoms with Gasteiger partial charge in [0.25, 0.3) is 0 Å². The fourth-order valence-corrected chi connectivity index (χ4v) is 2.69. The Hall–Kier alpha value is -1.55. The van der Waals surface area contributed by atoms with Crippen molar-refractivity contribution in [3.05, 3.63) is 29.8 Å². The van der Waals surface area contributed by atoms with Gasteiger partial charge in [-0.15, -0.1) is 0 Å². The third-order valence-electron chi connectivity index (χ3n) is 4.03. The van der Waals surface area contributed by atoms with Crippen molar-refractivity contribution >= 4 is 5.97 Å².